The number of aromatic nitrogens is 1. The van der Waals surface area contributed by atoms with Crippen molar-refractivity contribution in [2.75, 3.05) is 11.9 Å². The molecule has 0 spiro atoms. The van der Waals surface area contributed by atoms with Crippen LogP contribution in [0.4, 0.5) is 10.5 Å². The highest BCUT2D eigenvalue weighted by atomic mass is 32.1. The number of carboxylic acid groups (broad SMARTS) is 1. The maximum absolute atomic E-state index is 11.7. The van der Waals surface area contributed by atoms with Crippen LogP contribution < -0.4 is 10.6 Å². The van der Waals surface area contributed by atoms with Gasteiger partial charge < -0.3 is 15.7 Å². The minimum absolute atomic E-state index is 0.290. The maximum atomic E-state index is 11.7. The predicted octanol–water partition coefficient (Wildman–Crippen LogP) is 2.92. The van der Waals surface area contributed by atoms with E-state index in [1.54, 1.807) is 18.5 Å². The number of anilines is 1. The first kappa shape index (κ1) is 15.2. The van der Waals surface area contributed by atoms with Gasteiger partial charge in [-0.2, -0.15) is 0 Å². The van der Waals surface area contributed by atoms with Gasteiger partial charge in [0.15, 0.2) is 0 Å². The van der Waals surface area contributed by atoms with Crippen LogP contribution in [0.5, 0.6) is 0 Å². The van der Waals surface area contributed by atoms with Crippen molar-refractivity contribution in [1.82, 2.24) is 10.3 Å². The Bertz CT molecular complexity index is 641. The number of rotatable bonds is 6. The summed E-state index contributed by atoms with van der Waals surface area (Å²) in [6.45, 7) is 2.11. The van der Waals surface area contributed by atoms with Crippen molar-refractivity contribution in [3.8, 4) is 0 Å². The van der Waals surface area contributed by atoms with Gasteiger partial charge in [0.05, 0.1) is 21.6 Å². The smallest absolute Gasteiger partial charge is 0.319 e. The zero-order chi connectivity index (χ0) is 15.2. The highest BCUT2D eigenvalue weighted by Gasteiger charge is 2.10. The number of amides is 2. The van der Waals surface area contributed by atoms with Gasteiger partial charge in [-0.1, -0.05) is 6.92 Å². The van der Waals surface area contributed by atoms with E-state index in [1.165, 1.54) is 11.3 Å². The van der Waals surface area contributed by atoms with E-state index in [2.05, 4.69) is 15.6 Å². The molecule has 0 aliphatic heterocycles. The molecule has 1 atom stereocenters. The molecule has 0 aliphatic carbocycles. The number of hydrogen-bond acceptors (Lipinski definition) is 4. The van der Waals surface area contributed by atoms with Gasteiger partial charge in [0.25, 0.3) is 0 Å². The summed E-state index contributed by atoms with van der Waals surface area (Å²) in [6.07, 6.45) is 1.18. The van der Waals surface area contributed by atoms with Crippen molar-refractivity contribution >= 4 is 39.2 Å². The maximum Gasteiger partial charge on any atom is 0.319 e. The average molecular weight is 307 g/mol. The Morgan fingerprint density at radius 3 is 3.00 bits per heavy atom. The van der Waals surface area contributed by atoms with Crippen LogP contribution in [-0.2, 0) is 4.79 Å². The van der Waals surface area contributed by atoms with Gasteiger partial charge in [0, 0.05) is 12.2 Å². The van der Waals surface area contributed by atoms with Crippen molar-refractivity contribution in [2.45, 2.75) is 19.8 Å². The largest absolute Gasteiger partial charge is 0.481 e. The Hall–Kier alpha value is -2.15. The van der Waals surface area contributed by atoms with Crippen LogP contribution >= 0.6 is 11.3 Å². The van der Waals surface area contributed by atoms with Crippen LogP contribution in [0.15, 0.2) is 23.7 Å². The third kappa shape index (κ3) is 4.42. The summed E-state index contributed by atoms with van der Waals surface area (Å²) in [5.41, 5.74) is 3.38. The summed E-state index contributed by atoms with van der Waals surface area (Å²) in [5.74, 6) is -1.19. The number of carbonyl (C=O) groups is 2. The van der Waals surface area contributed by atoms with Crippen LogP contribution in [-0.4, -0.2) is 28.6 Å². The van der Waals surface area contributed by atoms with Crippen LogP contribution in [0, 0.1) is 5.92 Å². The molecule has 1 unspecified atom stereocenters. The number of hydrogen-bond donors (Lipinski definition) is 3. The van der Waals surface area contributed by atoms with E-state index >= 15 is 0 Å². The van der Waals surface area contributed by atoms with E-state index in [0.717, 1.165) is 10.2 Å². The number of urea groups is 1. The summed E-state index contributed by atoms with van der Waals surface area (Å²) in [6, 6.07) is 5.24. The average Bonchev–Trinajstić information content (AvgIpc) is 2.90. The molecule has 7 heteroatoms. The van der Waals surface area contributed by atoms with Crippen molar-refractivity contribution in [2.24, 2.45) is 5.92 Å². The van der Waals surface area contributed by atoms with E-state index in [4.69, 9.17) is 5.11 Å². The van der Waals surface area contributed by atoms with Crippen molar-refractivity contribution in [3.63, 3.8) is 0 Å². The van der Waals surface area contributed by atoms with E-state index in [0.29, 0.717) is 25.1 Å². The number of carbonyl (C=O) groups excluding carboxylic acids is 1. The monoisotopic (exact) mass is 307 g/mol. The number of carboxylic acids is 1. The highest BCUT2D eigenvalue weighted by Crippen LogP contribution is 2.21. The molecule has 21 heavy (non-hydrogen) atoms. The summed E-state index contributed by atoms with van der Waals surface area (Å²) in [5, 5.41) is 14.2. The van der Waals surface area contributed by atoms with Crippen molar-refractivity contribution in [1.29, 1.82) is 0 Å². The second-order valence-electron chi connectivity index (χ2n) is 4.80. The summed E-state index contributed by atoms with van der Waals surface area (Å²) < 4.78 is 1.02. The molecule has 0 fully saturated rings. The molecule has 2 amide bonds. The van der Waals surface area contributed by atoms with E-state index < -0.39 is 5.97 Å². The predicted molar refractivity (Wildman–Crippen MR) is 82.7 cm³/mol. The fourth-order valence-corrected chi connectivity index (χ4v) is 2.56. The second-order valence-corrected chi connectivity index (χ2v) is 5.68. The van der Waals surface area contributed by atoms with Crippen LogP contribution in [0.25, 0.3) is 10.2 Å². The lowest BCUT2D eigenvalue weighted by Gasteiger charge is -2.09. The molecular formula is C14H17N3O3S. The summed E-state index contributed by atoms with van der Waals surface area (Å²) in [7, 11) is 0. The summed E-state index contributed by atoms with van der Waals surface area (Å²) >= 11 is 1.52. The Balaban J connectivity index is 1.75. The second kappa shape index (κ2) is 7.03. The summed E-state index contributed by atoms with van der Waals surface area (Å²) in [4.78, 5) is 26.5. The topological polar surface area (TPSA) is 91.3 Å². The molecule has 0 bridgehead atoms. The number of thiazole rings is 1. The minimum Gasteiger partial charge on any atom is -0.481 e. The van der Waals surface area contributed by atoms with E-state index in [-0.39, 0.29) is 11.9 Å². The lowest BCUT2D eigenvalue weighted by Crippen LogP contribution is -2.29. The number of nitrogens with zero attached hydrogens (tertiary/aromatic N) is 1. The molecule has 2 aromatic rings. The Kier molecular flexibility index (Phi) is 5.10. The Labute approximate surface area is 126 Å². The Morgan fingerprint density at radius 1 is 1.43 bits per heavy atom. The Morgan fingerprint density at radius 2 is 2.24 bits per heavy atom. The van der Waals surface area contributed by atoms with Gasteiger partial charge >= 0.3 is 12.0 Å². The first-order valence-corrected chi connectivity index (χ1v) is 7.55. The zero-order valence-electron chi connectivity index (χ0n) is 11.6. The van der Waals surface area contributed by atoms with Crippen molar-refractivity contribution < 1.29 is 14.7 Å². The number of aliphatic carboxylic acids is 1. The third-order valence-corrected chi connectivity index (χ3v) is 3.90. The van der Waals surface area contributed by atoms with Gasteiger partial charge in [-0.3, -0.25) is 4.79 Å². The molecule has 2 rings (SSSR count). The third-order valence-electron chi connectivity index (χ3n) is 3.11. The van der Waals surface area contributed by atoms with Crippen LogP contribution in [0.3, 0.4) is 0 Å². The molecule has 0 saturated carbocycles. The molecule has 112 valence electrons. The molecule has 6 nitrogen and oxygen atoms in total. The minimum atomic E-state index is -0.808. The number of nitrogens with one attached hydrogen (secondary N) is 2. The van der Waals surface area contributed by atoms with Gasteiger partial charge in [-0.15, -0.1) is 11.3 Å². The first-order valence-electron chi connectivity index (χ1n) is 6.67. The van der Waals surface area contributed by atoms with Gasteiger partial charge in [-0.05, 0) is 31.0 Å². The fourth-order valence-electron chi connectivity index (χ4n) is 1.84. The van der Waals surface area contributed by atoms with Gasteiger partial charge in [0.2, 0.25) is 0 Å². The molecule has 0 aliphatic rings. The number of fused-ring (bicyclic) bond motifs is 1. The lowest BCUT2D eigenvalue weighted by atomic mass is 10.1. The molecular weight excluding hydrogens is 290 g/mol. The van der Waals surface area contributed by atoms with Crippen LogP contribution in [0.2, 0.25) is 0 Å². The van der Waals surface area contributed by atoms with E-state index in [1.807, 2.05) is 12.1 Å². The zero-order valence-corrected chi connectivity index (χ0v) is 12.4. The molecule has 0 radical (unpaired) electrons. The first-order chi connectivity index (χ1) is 10.1. The number of benzene rings is 1. The quantitative estimate of drug-likeness (QED) is 0.716. The van der Waals surface area contributed by atoms with Gasteiger partial charge in [0.1, 0.15) is 0 Å². The SMILES string of the molecule is CC(CCCNC(=O)Nc1ccc2ncsc2c1)C(=O)O. The van der Waals surface area contributed by atoms with Crippen LogP contribution in [0.1, 0.15) is 19.8 Å². The van der Waals surface area contributed by atoms with Crippen molar-refractivity contribution in [3.05, 3.63) is 23.7 Å². The standard InChI is InChI=1S/C14H17N3O3S/c1-9(13(18)19)3-2-6-15-14(20)17-10-4-5-11-12(7-10)21-8-16-11/h4-5,7-9H,2-3,6H2,1H3,(H,18,19)(H2,15,17,20). The molecule has 1 aromatic heterocycles. The highest BCUT2D eigenvalue weighted by molar-refractivity contribution is 7.16. The normalized spacial score (nSPS) is 12.0. The van der Waals surface area contributed by atoms with E-state index in [9.17, 15) is 9.59 Å². The molecule has 1 aromatic carbocycles. The molecule has 3 N–H and O–H groups in total. The lowest BCUT2D eigenvalue weighted by molar-refractivity contribution is -0.141. The molecule has 1 heterocycles. The molecule has 0 saturated heterocycles. The fraction of sp³-hybridized carbons (Fsp3) is 0.357. The van der Waals surface area contributed by atoms with Gasteiger partial charge in [-0.25, -0.2) is 9.78 Å².